The minimum Gasteiger partial charge on any atom is -0.463 e. The van der Waals surface area contributed by atoms with Crippen LogP contribution in [0.15, 0.2) is 28.9 Å². The van der Waals surface area contributed by atoms with E-state index in [2.05, 4.69) is 12.2 Å². The van der Waals surface area contributed by atoms with E-state index in [4.69, 9.17) is 9.15 Å². The number of hydrogen-bond donors (Lipinski definition) is 1. The molecule has 20 heavy (non-hydrogen) atoms. The normalized spacial score (nSPS) is 22.3. The molecular weight excluding hydrogens is 254 g/mol. The second-order valence-electron chi connectivity index (χ2n) is 5.29. The van der Waals surface area contributed by atoms with Gasteiger partial charge in [0, 0.05) is 12.0 Å². The van der Waals surface area contributed by atoms with Gasteiger partial charge in [-0.25, -0.2) is 0 Å². The van der Waals surface area contributed by atoms with Crippen molar-refractivity contribution in [1.29, 1.82) is 0 Å². The zero-order chi connectivity index (χ0) is 14.1. The Labute approximate surface area is 118 Å². The van der Waals surface area contributed by atoms with Crippen LogP contribution in [0.1, 0.15) is 35.7 Å². The third-order valence-electron chi connectivity index (χ3n) is 3.97. The summed E-state index contributed by atoms with van der Waals surface area (Å²) in [6.07, 6.45) is 3.46. The molecule has 1 saturated heterocycles. The smallest absolute Gasteiger partial charge is 0.255 e. The molecule has 1 amide bonds. The quantitative estimate of drug-likeness (QED) is 0.935. The standard InChI is InChI=1S/C16H19NO3/c1-3-14-13(7-8-19-14)17-16(18)12-9-20-15-10(2)5-4-6-11(12)15/h4-6,9,13-14H,3,7-8H2,1-2H3,(H,17,18)/t13-,14+/m1/s1. The maximum absolute atomic E-state index is 12.4. The second-order valence-corrected chi connectivity index (χ2v) is 5.29. The van der Waals surface area contributed by atoms with Crippen LogP contribution in [-0.4, -0.2) is 24.7 Å². The van der Waals surface area contributed by atoms with Gasteiger partial charge in [0.05, 0.1) is 17.7 Å². The van der Waals surface area contributed by atoms with E-state index in [0.29, 0.717) is 12.2 Å². The molecule has 3 rings (SSSR count). The zero-order valence-corrected chi connectivity index (χ0v) is 11.8. The van der Waals surface area contributed by atoms with Gasteiger partial charge in [0.1, 0.15) is 11.8 Å². The van der Waals surface area contributed by atoms with Crippen LogP contribution in [-0.2, 0) is 4.74 Å². The molecule has 1 aliphatic heterocycles. The van der Waals surface area contributed by atoms with E-state index < -0.39 is 0 Å². The Hall–Kier alpha value is -1.81. The Morgan fingerprint density at radius 2 is 2.30 bits per heavy atom. The average molecular weight is 273 g/mol. The van der Waals surface area contributed by atoms with Crippen LogP contribution in [0.2, 0.25) is 0 Å². The molecule has 4 heteroatoms. The predicted molar refractivity (Wildman–Crippen MR) is 76.9 cm³/mol. The second kappa shape index (κ2) is 5.29. The number of furan rings is 1. The summed E-state index contributed by atoms with van der Waals surface area (Å²) < 4.78 is 11.1. The lowest BCUT2D eigenvalue weighted by atomic mass is 10.1. The van der Waals surface area contributed by atoms with Crippen molar-refractivity contribution in [2.24, 2.45) is 0 Å². The fraction of sp³-hybridized carbons (Fsp3) is 0.438. The molecule has 1 fully saturated rings. The number of carbonyl (C=O) groups is 1. The molecule has 1 aromatic carbocycles. The topological polar surface area (TPSA) is 51.5 Å². The Kier molecular flexibility index (Phi) is 3.49. The first-order valence-electron chi connectivity index (χ1n) is 7.10. The first-order chi connectivity index (χ1) is 9.70. The van der Waals surface area contributed by atoms with Gasteiger partial charge in [-0.1, -0.05) is 25.1 Å². The average Bonchev–Trinajstić information content (AvgIpc) is 3.05. The summed E-state index contributed by atoms with van der Waals surface area (Å²) in [7, 11) is 0. The summed E-state index contributed by atoms with van der Waals surface area (Å²) >= 11 is 0. The predicted octanol–water partition coefficient (Wildman–Crippen LogP) is 3.04. The summed E-state index contributed by atoms with van der Waals surface area (Å²) in [6.45, 7) is 4.77. The summed E-state index contributed by atoms with van der Waals surface area (Å²) in [5.41, 5.74) is 2.43. The minimum absolute atomic E-state index is 0.0803. The minimum atomic E-state index is -0.0803. The van der Waals surface area contributed by atoms with Crippen LogP contribution in [0.25, 0.3) is 11.0 Å². The Balaban J connectivity index is 1.84. The van der Waals surface area contributed by atoms with Crippen molar-refractivity contribution >= 4 is 16.9 Å². The number of benzene rings is 1. The molecule has 0 spiro atoms. The van der Waals surface area contributed by atoms with Crippen LogP contribution in [0.3, 0.4) is 0 Å². The first-order valence-corrected chi connectivity index (χ1v) is 7.10. The molecule has 0 radical (unpaired) electrons. The van der Waals surface area contributed by atoms with Gasteiger partial charge in [0.25, 0.3) is 5.91 Å². The van der Waals surface area contributed by atoms with Gasteiger partial charge in [0.2, 0.25) is 0 Å². The fourth-order valence-corrected chi connectivity index (χ4v) is 2.84. The van der Waals surface area contributed by atoms with Gasteiger partial charge in [-0.3, -0.25) is 4.79 Å². The van der Waals surface area contributed by atoms with E-state index in [1.807, 2.05) is 25.1 Å². The lowest BCUT2D eigenvalue weighted by molar-refractivity contribution is 0.0809. The highest BCUT2D eigenvalue weighted by molar-refractivity contribution is 6.06. The molecule has 1 aliphatic rings. The van der Waals surface area contributed by atoms with Crippen molar-refractivity contribution in [1.82, 2.24) is 5.32 Å². The van der Waals surface area contributed by atoms with E-state index in [1.54, 1.807) is 6.26 Å². The molecule has 0 unspecified atom stereocenters. The highest BCUT2D eigenvalue weighted by Gasteiger charge is 2.29. The largest absolute Gasteiger partial charge is 0.463 e. The Bertz CT molecular complexity index is 632. The summed E-state index contributed by atoms with van der Waals surface area (Å²) in [5, 5.41) is 3.94. The van der Waals surface area contributed by atoms with Crippen molar-refractivity contribution in [3.63, 3.8) is 0 Å². The number of para-hydroxylation sites is 1. The molecular formula is C16H19NO3. The van der Waals surface area contributed by atoms with E-state index >= 15 is 0 Å². The van der Waals surface area contributed by atoms with Gasteiger partial charge < -0.3 is 14.5 Å². The monoisotopic (exact) mass is 273 g/mol. The third-order valence-corrected chi connectivity index (χ3v) is 3.97. The van der Waals surface area contributed by atoms with Gasteiger partial charge >= 0.3 is 0 Å². The number of rotatable bonds is 3. The lowest BCUT2D eigenvalue weighted by Gasteiger charge is -2.17. The third kappa shape index (κ3) is 2.20. The van der Waals surface area contributed by atoms with Crippen LogP contribution in [0, 0.1) is 6.92 Å². The van der Waals surface area contributed by atoms with E-state index in [1.165, 1.54) is 0 Å². The van der Waals surface area contributed by atoms with Gasteiger partial charge in [-0.05, 0) is 25.3 Å². The van der Waals surface area contributed by atoms with E-state index in [-0.39, 0.29) is 18.1 Å². The molecule has 0 aliphatic carbocycles. The molecule has 0 saturated carbocycles. The highest BCUT2D eigenvalue weighted by Crippen LogP contribution is 2.25. The summed E-state index contributed by atoms with van der Waals surface area (Å²) in [4.78, 5) is 12.4. The molecule has 1 aromatic heterocycles. The van der Waals surface area contributed by atoms with Crippen molar-refractivity contribution in [3.05, 3.63) is 35.6 Å². The first kappa shape index (κ1) is 13.2. The molecule has 2 heterocycles. The summed E-state index contributed by atoms with van der Waals surface area (Å²) in [6, 6.07) is 5.94. The molecule has 106 valence electrons. The maximum Gasteiger partial charge on any atom is 0.255 e. The van der Waals surface area contributed by atoms with Crippen molar-refractivity contribution in [2.45, 2.75) is 38.8 Å². The number of aryl methyl sites for hydroxylation is 1. The Morgan fingerprint density at radius 3 is 3.10 bits per heavy atom. The number of nitrogens with one attached hydrogen (secondary N) is 1. The fourth-order valence-electron chi connectivity index (χ4n) is 2.84. The lowest BCUT2D eigenvalue weighted by Crippen LogP contribution is -2.40. The number of fused-ring (bicyclic) bond motifs is 1. The number of amides is 1. The van der Waals surface area contributed by atoms with Crippen molar-refractivity contribution in [3.8, 4) is 0 Å². The Morgan fingerprint density at radius 1 is 1.45 bits per heavy atom. The van der Waals surface area contributed by atoms with Crippen LogP contribution in [0.4, 0.5) is 0 Å². The molecule has 0 bridgehead atoms. The molecule has 2 aromatic rings. The summed E-state index contributed by atoms with van der Waals surface area (Å²) in [5.74, 6) is -0.0803. The number of ether oxygens (including phenoxy) is 1. The van der Waals surface area contributed by atoms with Crippen LogP contribution in [0.5, 0.6) is 0 Å². The van der Waals surface area contributed by atoms with Crippen LogP contribution >= 0.6 is 0 Å². The molecule has 2 atom stereocenters. The van der Waals surface area contributed by atoms with E-state index in [9.17, 15) is 4.79 Å². The number of hydrogen-bond acceptors (Lipinski definition) is 3. The molecule has 1 N–H and O–H groups in total. The van der Waals surface area contributed by atoms with Crippen molar-refractivity contribution in [2.75, 3.05) is 6.61 Å². The van der Waals surface area contributed by atoms with Crippen LogP contribution < -0.4 is 5.32 Å². The highest BCUT2D eigenvalue weighted by atomic mass is 16.5. The maximum atomic E-state index is 12.4. The van der Waals surface area contributed by atoms with E-state index in [0.717, 1.165) is 29.4 Å². The number of carbonyl (C=O) groups excluding carboxylic acids is 1. The van der Waals surface area contributed by atoms with Gasteiger partial charge in [0.15, 0.2) is 0 Å². The van der Waals surface area contributed by atoms with Gasteiger partial charge in [-0.15, -0.1) is 0 Å². The molecule has 4 nitrogen and oxygen atoms in total. The van der Waals surface area contributed by atoms with Crippen molar-refractivity contribution < 1.29 is 13.9 Å². The zero-order valence-electron chi connectivity index (χ0n) is 11.8. The SMILES string of the molecule is CC[C@@H]1OCC[C@H]1NC(=O)c1coc2c(C)cccc12. The van der Waals surface area contributed by atoms with Gasteiger partial charge in [-0.2, -0.15) is 0 Å².